The number of esters is 3. The van der Waals surface area contributed by atoms with Gasteiger partial charge in [0.2, 0.25) is 0 Å². The van der Waals surface area contributed by atoms with E-state index in [4.69, 9.17) is 14.2 Å². The molecule has 0 aliphatic heterocycles. The molecular formula is C67H126O6. The number of allylic oxidation sites excluding steroid dienone is 4. The Hall–Kier alpha value is -2.11. The topological polar surface area (TPSA) is 78.9 Å². The van der Waals surface area contributed by atoms with Crippen molar-refractivity contribution in [2.24, 2.45) is 0 Å². The Morgan fingerprint density at radius 1 is 0.274 bits per heavy atom. The third kappa shape index (κ3) is 60.6. The SMILES string of the molecule is CCCCC/C=C\C/C=C\CCCCCCCC(=O)OC(COC(=O)CCCCCCCCCCC)COC(=O)CCCCCCCCCCCCCCCCCCCCCCCCCCCCCCCCC. The van der Waals surface area contributed by atoms with Crippen LogP contribution in [0.15, 0.2) is 24.3 Å². The van der Waals surface area contributed by atoms with Gasteiger partial charge in [0.1, 0.15) is 13.2 Å². The summed E-state index contributed by atoms with van der Waals surface area (Å²) in [5.74, 6) is -0.866. The first-order chi connectivity index (χ1) is 36.0. The first-order valence-electron chi connectivity index (χ1n) is 32.8. The zero-order valence-corrected chi connectivity index (χ0v) is 49.4. The van der Waals surface area contributed by atoms with Gasteiger partial charge in [0.15, 0.2) is 6.10 Å². The van der Waals surface area contributed by atoms with Crippen molar-refractivity contribution >= 4 is 17.9 Å². The molecule has 0 aromatic heterocycles. The molecule has 0 amide bonds. The number of carbonyl (C=O) groups excluding carboxylic acids is 3. The van der Waals surface area contributed by atoms with Gasteiger partial charge in [0.05, 0.1) is 0 Å². The molecule has 6 heteroatoms. The molecule has 0 aromatic rings. The number of rotatable bonds is 61. The maximum absolute atomic E-state index is 12.8. The van der Waals surface area contributed by atoms with Crippen LogP contribution >= 0.6 is 0 Å². The minimum atomic E-state index is -0.773. The van der Waals surface area contributed by atoms with Gasteiger partial charge in [-0.2, -0.15) is 0 Å². The number of hydrogen-bond donors (Lipinski definition) is 0. The normalized spacial score (nSPS) is 12.1. The van der Waals surface area contributed by atoms with E-state index in [-0.39, 0.29) is 31.1 Å². The van der Waals surface area contributed by atoms with Gasteiger partial charge in [-0.1, -0.05) is 321 Å². The van der Waals surface area contributed by atoms with Gasteiger partial charge in [-0.05, 0) is 51.4 Å². The zero-order chi connectivity index (χ0) is 52.9. The van der Waals surface area contributed by atoms with Crippen molar-refractivity contribution in [1.82, 2.24) is 0 Å². The van der Waals surface area contributed by atoms with Gasteiger partial charge >= 0.3 is 17.9 Å². The van der Waals surface area contributed by atoms with Crippen LogP contribution in [-0.2, 0) is 28.6 Å². The molecule has 0 saturated heterocycles. The lowest BCUT2D eigenvalue weighted by Crippen LogP contribution is -2.30. The summed E-state index contributed by atoms with van der Waals surface area (Å²) < 4.78 is 16.9. The molecule has 0 aromatic carbocycles. The highest BCUT2D eigenvalue weighted by Crippen LogP contribution is 2.18. The highest BCUT2D eigenvalue weighted by molar-refractivity contribution is 5.71. The lowest BCUT2D eigenvalue weighted by molar-refractivity contribution is -0.167. The highest BCUT2D eigenvalue weighted by Gasteiger charge is 2.19. The number of ether oxygens (including phenoxy) is 3. The van der Waals surface area contributed by atoms with Crippen LogP contribution in [0.25, 0.3) is 0 Å². The van der Waals surface area contributed by atoms with Crippen LogP contribution in [0.2, 0.25) is 0 Å². The van der Waals surface area contributed by atoms with E-state index >= 15 is 0 Å². The van der Waals surface area contributed by atoms with E-state index in [2.05, 4.69) is 45.1 Å². The van der Waals surface area contributed by atoms with Gasteiger partial charge in [-0.3, -0.25) is 14.4 Å². The van der Waals surface area contributed by atoms with E-state index in [1.165, 1.54) is 250 Å². The minimum Gasteiger partial charge on any atom is -0.462 e. The molecule has 0 saturated carbocycles. The number of unbranched alkanes of at least 4 members (excludes halogenated alkanes) is 46. The van der Waals surface area contributed by atoms with Crippen LogP contribution in [-0.4, -0.2) is 37.2 Å². The maximum atomic E-state index is 12.8. The Morgan fingerprint density at radius 3 is 0.781 bits per heavy atom. The molecule has 6 nitrogen and oxygen atoms in total. The van der Waals surface area contributed by atoms with E-state index in [0.717, 1.165) is 77.0 Å². The summed E-state index contributed by atoms with van der Waals surface area (Å²) in [7, 11) is 0. The quantitative estimate of drug-likeness (QED) is 0.0261. The largest absolute Gasteiger partial charge is 0.462 e. The molecule has 0 rings (SSSR count). The fourth-order valence-corrected chi connectivity index (χ4v) is 10.0. The molecule has 0 aliphatic carbocycles. The monoisotopic (exact) mass is 1030 g/mol. The second-order valence-corrected chi connectivity index (χ2v) is 22.4. The summed E-state index contributed by atoms with van der Waals surface area (Å²) in [5, 5.41) is 0. The molecular weight excluding hydrogens is 901 g/mol. The molecule has 0 fully saturated rings. The first kappa shape index (κ1) is 70.9. The maximum Gasteiger partial charge on any atom is 0.306 e. The lowest BCUT2D eigenvalue weighted by Gasteiger charge is -2.18. The molecule has 430 valence electrons. The van der Waals surface area contributed by atoms with E-state index in [0.29, 0.717) is 19.3 Å². The van der Waals surface area contributed by atoms with Crippen LogP contribution in [0, 0.1) is 0 Å². The van der Waals surface area contributed by atoms with E-state index in [1.807, 2.05) is 0 Å². The third-order valence-corrected chi connectivity index (χ3v) is 15.0. The van der Waals surface area contributed by atoms with E-state index in [1.54, 1.807) is 0 Å². The lowest BCUT2D eigenvalue weighted by atomic mass is 10.0. The van der Waals surface area contributed by atoms with Crippen molar-refractivity contribution in [1.29, 1.82) is 0 Å². The summed E-state index contributed by atoms with van der Waals surface area (Å²) in [4.78, 5) is 38.1. The molecule has 0 aliphatic rings. The third-order valence-electron chi connectivity index (χ3n) is 15.0. The summed E-state index contributed by atoms with van der Waals surface area (Å²) >= 11 is 0. The van der Waals surface area contributed by atoms with Crippen molar-refractivity contribution in [2.45, 2.75) is 374 Å². The standard InChI is InChI=1S/C67H126O6/c1-4-7-10-13-16-19-21-23-25-26-27-28-29-30-31-32-33-34-35-36-37-38-39-40-42-43-45-48-51-54-57-60-66(69)72-63-64(62-71-65(68)59-56-53-50-47-18-15-12-9-6-3)73-67(70)61-58-55-52-49-46-44-41-24-22-20-17-14-11-8-5-2/h17,20,24,41,64H,4-16,18-19,21-23,25-40,42-63H2,1-3H3/b20-17-,41-24-. The van der Waals surface area contributed by atoms with Crippen LogP contribution in [0.5, 0.6) is 0 Å². The van der Waals surface area contributed by atoms with E-state index in [9.17, 15) is 14.4 Å². The molecule has 0 radical (unpaired) electrons. The average molecular weight is 1030 g/mol. The zero-order valence-electron chi connectivity index (χ0n) is 49.4. The first-order valence-corrected chi connectivity index (χ1v) is 32.8. The van der Waals surface area contributed by atoms with Gasteiger partial charge in [0.25, 0.3) is 0 Å². The predicted octanol–water partition coefficient (Wildman–Crippen LogP) is 22.2. The van der Waals surface area contributed by atoms with Crippen molar-refractivity contribution in [3.63, 3.8) is 0 Å². The molecule has 0 heterocycles. The Kier molecular flexibility index (Phi) is 60.6. The average Bonchev–Trinajstić information content (AvgIpc) is 3.39. The highest BCUT2D eigenvalue weighted by atomic mass is 16.6. The van der Waals surface area contributed by atoms with Crippen molar-refractivity contribution in [2.75, 3.05) is 13.2 Å². The molecule has 1 unspecified atom stereocenters. The number of carbonyl (C=O) groups is 3. The second kappa shape index (κ2) is 62.4. The van der Waals surface area contributed by atoms with E-state index < -0.39 is 6.10 Å². The van der Waals surface area contributed by atoms with Crippen LogP contribution in [0.1, 0.15) is 367 Å². The molecule has 1 atom stereocenters. The summed E-state index contributed by atoms with van der Waals surface area (Å²) in [6, 6.07) is 0. The smallest absolute Gasteiger partial charge is 0.306 e. The fraction of sp³-hybridized carbons (Fsp3) is 0.896. The summed E-state index contributed by atoms with van der Waals surface area (Å²) in [6.45, 7) is 6.64. The number of hydrogen-bond acceptors (Lipinski definition) is 6. The second-order valence-electron chi connectivity index (χ2n) is 22.4. The van der Waals surface area contributed by atoms with Crippen LogP contribution in [0.4, 0.5) is 0 Å². The van der Waals surface area contributed by atoms with Crippen molar-refractivity contribution < 1.29 is 28.6 Å². The molecule has 73 heavy (non-hydrogen) atoms. The fourth-order valence-electron chi connectivity index (χ4n) is 10.0. The Morgan fingerprint density at radius 2 is 0.493 bits per heavy atom. The Labute approximate surface area is 455 Å². The van der Waals surface area contributed by atoms with Crippen LogP contribution in [0.3, 0.4) is 0 Å². The van der Waals surface area contributed by atoms with Crippen LogP contribution < -0.4 is 0 Å². The van der Waals surface area contributed by atoms with Gasteiger partial charge in [-0.15, -0.1) is 0 Å². The Balaban J connectivity index is 4.02. The summed E-state index contributed by atoms with van der Waals surface area (Å²) in [5.41, 5.74) is 0. The van der Waals surface area contributed by atoms with Gasteiger partial charge in [0, 0.05) is 19.3 Å². The minimum absolute atomic E-state index is 0.0718. The molecule has 0 N–H and O–H groups in total. The Bertz CT molecular complexity index is 1180. The predicted molar refractivity (Wildman–Crippen MR) is 316 cm³/mol. The molecule has 0 bridgehead atoms. The van der Waals surface area contributed by atoms with Crippen molar-refractivity contribution in [3.8, 4) is 0 Å². The summed E-state index contributed by atoms with van der Waals surface area (Å²) in [6.07, 6.45) is 75.1. The van der Waals surface area contributed by atoms with Gasteiger partial charge in [-0.25, -0.2) is 0 Å². The van der Waals surface area contributed by atoms with Crippen molar-refractivity contribution in [3.05, 3.63) is 24.3 Å². The molecule has 0 spiro atoms. The van der Waals surface area contributed by atoms with Gasteiger partial charge < -0.3 is 14.2 Å².